The number of rotatable bonds is 4. The molecule has 0 aromatic heterocycles. The third-order valence-corrected chi connectivity index (χ3v) is 2.56. The van der Waals surface area contributed by atoms with Crippen molar-refractivity contribution in [1.29, 1.82) is 0 Å². The zero-order valence-corrected chi connectivity index (χ0v) is 9.51. The van der Waals surface area contributed by atoms with Gasteiger partial charge in [-0.2, -0.15) is 8.78 Å². The van der Waals surface area contributed by atoms with Crippen molar-refractivity contribution in [3.63, 3.8) is 0 Å². The lowest BCUT2D eigenvalue weighted by Crippen LogP contribution is -2.36. The minimum atomic E-state index is -3.21. The summed E-state index contributed by atoms with van der Waals surface area (Å²) in [4.78, 5) is 0. The van der Waals surface area contributed by atoms with Gasteiger partial charge in [0.1, 0.15) is 5.75 Å². The molecule has 1 atom stereocenters. The minimum absolute atomic E-state index is 0.0879. The lowest BCUT2D eigenvalue weighted by molar-refractivity contribution is -0.0616. The molecule has 1 fully saturated rings. The maximum Gasteiger partial charge on any atom is 0.387 e. The van der Waals surface area contributed by atoms with Crippen molar-refractivity contribution in [1.82, 2.24) is 5.32 Å². The quantitative estimate of drug-likeness (QED) is 0.861. The Labute approximate surface area is 105 Å². The SMILES string of the molecule is Fc1ccc(O[C@H]2CNCC2(F)F)cc1OC(F)F. The van der Waals surface area contributed by atoms with E-state index < -0.39 is 36.7 Å². The second-order valence-corrected chi connectivity index (χ2v) is 3.97. The molecule has 0 unspecified atom stereocenters. The Balaban J connectivity index is 2.13. The smallest absolute Gasteiger partial charge is 0.387 e. The maximum atomic E-state index is 13.3. The number of halogens is 5. The molecule has 1 heterocycles. The molecule has 1 saturated heterocycles. The molecular weight excluding hydrogens is 273 g/mol. The summed E-state index contributed by atoms with van der Waals surface area (Å²) in [6, 6.07) is 2.70. The lowest BCUT2D eigenvalue weighted by atomic mass is 10.2. The molecule has 8 heteroatoms. The number of alkyl halides is 4. The van der Waals surface area contributed by atoms with Crippen molar-refractivity contribution in [2.75, 3.05) is 13.1 Å². The molecule has 1 aromatic carbocycles. The van der Waals surface area contributed by atoms with Gasteiger partial charge in [-0.15, -0.1) is 0 Å². The molecule has 0 saturated carbocycles. The number of nitrogens with one attached hydrogen (secondary N) is 1. The highest BCUT2D eigenvalue weighted by Gasteiger charge is 2.46. The highest BCUT2D eigenvalue weighted by Crippen LogP contribution is 2.30. The summed E-state index contributed by atoms with van der Waals surface area (Å²) in [6.07, 6.45) is -1.43. The maximum absolute atomic E-state index is 13.3. The minimum Gasteiger partial charge on any atom is -0.483 e. The first-order valence-corrected chi connectivity index (χ1v) is 5.38. The largest absolute Gasteiger partial charge is 0.483 e. The Morgan fingerprint density at radius 1 is 1.32 bits per heavy atom. The second-order valence-electron chi connectivity index (χ2n) is 3.97. The molecule has 19 heavy (non-hydrogen) atoms. The Bertz CT molecular complexity index is 455. The summed E-state index contributed by atoms with van der Waals surface area (Å²) in [5, 5.41) is 2.44. The first-order valence-electron chi connectivity index (χ1n) is 5.38. The van der Waals surface area contributed by atoms with Gasteiger partial charge >= 0.3 is 6.61 Å². The van der Waals surface area contributed by atoms with E-state index in [1.165, 1.54) is 0 Å². The van der Waals surface area contributed by atoms with E-state index in [1.807, 2.05) is 0 Å². The van der Waals surface area contributed by atoms with Crippen LogP contribution in [0.5, 0.6) is 11.5 Å². The van der Waals surface area contributed by atoms with Crippen molar-refractivity contribution in [2.24, 2.45) is 0 Å². The topological polar surface area (TPSA) is 30.5 Å². The molecule has 0 amide bonds. The monoisotopic (exact) mass is 283 g/mol. The summed E-state index contributed by atoms with van der Waals surface area (Å²) < 4.78 is 72.5. The van der Waals surface area contributed by atoms with Gasteiger partial charge in [-0.25, -0.2) is 13.2 Å². The van der Waals surface area contributed by atoms with Crippen molar-refractivity contribution in [2.45, 2.75) is 18.6 Å². The van der Waals surface area contributed by atoms with Crippen molar-refractivity contribution in [3.8, 4) is 11.5 Å². The Hall–Kier alpha value is -1.57. The molecule has 1 aliphatic heterocycles. The van der Waals surface area contributed by atoms with Crippen LogP contribution >= 0.6 is 0 Å². The Morgan fingerprint density at radius 3 is 2.63 bits per heavy atom. The van der Waals surface area contributed by atoms with Crippen molar-refractivity contribution >= 4 is 0 Å². The molecule has 1 N–H and O–H groups in total. The average molecular weight is 283 g/mol. The first kappa shape index (κ1) is 13.9. The van der Waals surface area contributed by atoms with Crippen LogP contribution in [0.4, 0.5) is 22.0 Å². The molecule has 106 valence electrons. The summed E-state index contributed by atoms with van der Waals surface area (Å²) in [7, 11) is 0. The predicted molar refractivity (Wildman–Crippen MR) is 55.3 cm³/mol. The van der Waals surface area contributed by atoms with Crippen LogP contribution in [0.15, 0.2) is 18.2 Å². The van der Waals surface area contributed by atoms with Gasteiger partial charge in [0.25, 0.3) is 5.92 Å². The second kappa shape index (κ2) is 5.20. The number of benzene rings is 1. The number of hydrogen-bond acceptors (Lipinski definition) is 3. The van der Waals surface area contributed by atoms with Gasteiger partial charge in [0.2, 0.25) is 0 Å². The zero-order valence-electron chi connectivity index (χ0n) is 9.51. The van der Waals surface area contributed by atoms with Crippen LogP contribution < -0.4 is 14.8 Å². The molecule has 1 aliphatic rings. The van der Waals surface area contributed by atoms with Gasteiger partial charge in [0.05, 0.1) is 6.54 Å². The fourth-order valence-electron chi connectivity index (χ4n) is 1.67. The summed E-state index contributed by atoms with van der Waals surface area (Å²) >= 11 is 0. The molecule has 1 aromatic rings. The third-order valence-electron chi connectivity index (χ3n) is 2.56. The van der Waals surface area contributed by atoms with E-state index in [2.05, 4.69) is 10.1 Å². The van der Waals surface area contributed by atoms with E-state index in [4.69, 9.17) is 4.74 Å². The van der Waals surface area contributed by atoms with E-state index in [-0.39, 0.29) is 12.3 Å². The van der Waals surface area contributed by atoms with Crippen LogP contribution in [0.2, 0.25) is 0 Å². The molecule has 0 radical (unpaired) electrons. The van der Waals surface area contributed by atoms with Crippen molar-refractivity contribution < 1.29 is 31.4 Å². The van der Waals surface area contributed by atoms with E-state index in [0.717, 1.165) is 18.2 Å². The normalized spacial score (nSPS) is 21.7. The Kier molecular flexibility index (Phi) is 3.79. The average Bonchev–Trinajstić information content (AvgIpc) is 2.62. The van der Waals surface area contributed by atoms with E-state index in [1.54, 1.807) is 0 Å². The van der Waals surface area contributed by atoms with Crippen LogP contribution in [-0.2, 0) is 0 Å². The highest BCUT2D eigenvalue weighted by atomic mass is 19.3. The van der Waals surface area contributed by atoms with E-state index in [0.29, 0.717) is 0 Å². The zero-order chi connectivity index (χ0) is 14.0. The lowest BCUT2D eigenvalue weighted by Gasteiger charge is -2.20. The fraction of sp³-hybridized carbons (Fsp3) is 0.455. The molecule has 0 aliphatic carbocycles. The predicted octanol–water partition coefficient (Wildman–Crippen LogP) is 2.41. The molecule has 2 rings (SSSR count). The van der Waals surface area contributed by atoms with Crippen LogP contribution in [0, 0.1) is 5.82 Å². The molecule has 0 bridgehead atoms. The summed E-state index contributed by atoms with van der Waals surface area (Å²) in [5.41, 5.74) is 0. The van der Waals surface area contributed by atoms with Gasteiger partial charge < -0.3 is 14.8 Å². The fourth-order valence-corrected chi connectivity index (χ4v) is 1.67. The van der Waals surface area contributed by atoms with Crippen LogP contribution in [0.25, 0.3) is 0 Å². The number of ether oxygens (including phenoxy) is 2. The molecular formula is C11H10F5NO2. The van der Waals surface area contributed by atoms with Crippen molar-refractivity contribution in [3.05, 3.63) is 24.0 Å². The van der Waals surface area contributed by atoms with Gasteiger partial charge in [0.15, 0.2) is 17.7 Å². The summed E-state index contributed by atoms with van der Waals surface area (Å²) in [5.74, 6) is -5.01. The Morgan fingerprint density at radius 2 is 2.05 bits per heavy atom. The molecule has 0 spiro atoms. The van der Waals surface area contributed by atoms with Crippen LogP contribution in [0.3, 0.4) is 0 Å². The molecule has 3 nitrogen and oxygen atoms in total. The van der Waals surface area contributed by atoms with E-state index in [9.17, 15) is 22.0 Å². The van der Waals surface area contributed by atoms with Gasteiger partial charge in [-0.3, -0.25) is 0 Å². The third kappa shape index (κ3) is 3.25. The first-order chi connectivity index (χ1) is 8.88. The number of hydrogen-bond donors (Lipinski definition) is 1. The van der Waals surface area contributed by atoms with E-state index >= 15 is 0 Å². The summed E-state index contributed by atoms with van der Waals surface area (Å²) in [6.45, 7) is -3.83. The van der Waals surface area contributed by atoms with Gasteiger partial charge in [-0.05, 0) is 12.1 Å². The van der Waals surface area contributed by atoms with Crippen LogP contribution in [-0.4, -0.2) is 31.7 Å². The standard InChI is InChI=1S/C11H10F5NO2/c12-7-2-1-6(3-8(7)19-10(13)14)18-9-4-17-5-11(9,15)16/h1-3,9-10,17H,4-5H2/t9-/m0/s1. The van der Waals surface area contributed by atoms with Crippen LogP contribution in [0.1, 0.15) is 0 Å². The van der Waals surface area contributed by atoms with Gasteiger partial charge in [-0.1, -0.05) is 0 Å². The highest BCUT2D eigenvalue weighted by molar-refractivity contribution is 5.34. The van der Waals surface area contributed by atoms with Gasteiger partial charge in [0, 0.05) is 12.6 Å².